The summed E-state index contributed by atoms with van der Waals surface area (Å²) in [6, 6.07) is 1.83. The van der Waals surface area contributed by atoms with Gasteiger partial charge in [-0.2, -0.15) is 5.10 Å². The van der Waals surface area contributed by atoms with Crippen LogP contribution in [0.25, 0.3) is 0 Å². The zero-order valence-corrected chi connectivity index (χ0v) is 6.28. The maximum Gasteiger partial charge on any atom is 0.404 e. The number of aromatic amines is 1. The molecule has 1 heterocycles. The second-order valence-electron chi connectivity index (χ2n) is 1.52. The van der Waals surface area contributed by atoms with Crippen LogP contribution in [0.1, 0.15) is 6.92 Å². The molecule has 1 aromatic heterocycles. The monoisotopic (exact) mass is 157 g/mol. The molecule has 0 spiro atoms. The molecule has 1 amide bonds. The van der Waals surface area contributed by atoms with Crippen LogP contribution >= 0.6 is 0 Å². The number of carbonyl (C=O) groups excluding carboxylic acids is 1. The van der Waals surface area contributed by atoms with Crippen molar-refractivity contribution in [1.82, 2.24) is 10.2 Å². The summed E-state index contributed by atoms with van der Waals surface area (Å²) < 4.78 is 4.18. The van der Waals surface area contributed by atoms with Gasteiger partial charge in [-0.3, -0.25) is 5.10 Å². The van der Waals surface area contributed by atoms with E-state index in [0.29, 0.717) is 6.61 Å². The van der Waals surface area contributed by atoms with Gasteiger partial charge in [0, 0.05) is 12.4 Å². The number of rotatable bonds is 1. The van der Waals surface area contributed by atoms with Crippen LogP contribution in [0.5, 0.6) is 0 Å². The molecule has 0 saturated carbocycles. The lowest BCUT2D eigenvalue weighted by molar-refractivity contribution is 0.163. The van der Waals surface area contributed by atoms with Crippen molar-refractivity contribution in [2.75, 3.05) is 6.61 Å². The highest BCUT2D eigenvalue weighted by molar-refractivity contribution is 5.64. The molecule has 0 aliphatic carbocycles. The van der Waals surface area contributed by atoms with Gasteiger partial charge in [-0.1, -0.05) is 0 Å². The third-order valence-electron chi connectivity index (χ3n) is 0.692. The Morgan fingerprint density at radius 2 is 2.55 bits per heavy atom. The molecule has 0 unspecified atom stereocenters. The molecule has 3 N–H and O–H groups in total. The summed E-state index contributed by atoms with van der Waals surface area (Å²) in [5.74, 6) is 0. The number of hydrogen-bond donors (Lipinski definition) is 2. The van der Waals surface area contributed by atoms with Gasteiger partial charge in [0.2, 0.25) is 0 Å². The first-order chi connectivity index (χ1) is 5.27. The number of ether oxygens (including phenoxy) is 1. The maximum atomic E-state index is 9.60. The van der Waals surface area contributed by atoms with Gasteiger partial charge in [0.25, 0.3) is 0 Å². The summed E-state index contributed by atoms with van der Waals surface area (Å²) in [4.78, 5) is 9.60. The molecule has 62 valence electrons. The topological polar surface area (TPSA) is 81.0 Å². The third kappa shape index (κ3) is 8.48. The Hall–Kier alpha value is -1.52. The van der Waals surface area contributed by atoms with Crippen molar-refractivity contribution >= 4 is 6.09 Å². The summed E-state index contributed by atoms with van der Waals surface area (Å²) in [5.41, 5.74) is 4.54. The standard InChI is InChI=1S/C3H4N2.C3H7NO2/c1-2-4-5-3-1;1-2-6-3(4)5/h1-3H,(H,4,5);2H2,1H3,(H2,4,5). The van der Waals surface area contributed by atoms with Gasteiger partial charge < -0.3 is 10.5 Å². The van der Waals surface area contributed by atoms with E-state index in [2.05, 4.69) is 20.7 Å². The fourth-order valence-electron chi connectivity index (χ4n) is 0.357. The molecule has 0 atom stereocenters. The highest BCUT2D eigenvalue weighted by Crippen LogP contribution is 1.66. The number of hydrogen-bond acceptors (Lipinski definition) is 3. The zero-order valence-electron chi connectivity index (χ0n) is 6.28. The maximum absolute atomic E-state index is 9.60. The van der Waals surface area contributed by atoms with E-state index in [9.17, 15) is 4.79 Å². The van der Waals surface area contributed by atoms with E-state index in [1.165, 1.54) is 0 Å². The molecule has 11 heavy (non-hydrogen) atoms. The van der Waals surface area contributed by atoms with Gasteiger partial charge in [0.15, 0.2) is 0 Å². The summed E-state index contributed by atoms with van der Waals surface area (Å²) >= 11 is 0. The number of nitrogens with one attached hydrogen (secondary N) is 1. The molecular weight excluding hydrogens is 146 g/mol. The minimum absolute atomic E-state index is 0.356. The quantitative estimate of drug-likeness (QED) is 0.623. The fraction of sp³-hybridized carbons (Fsp3) is 0.333. The molecule has 5 nitrogen and oxygen atoms in total. The Morgan fingerprint density at radius 3 is 2.64 bits per heavy atom. The van der Waals surface area contributed by atoms with Crippen LogP contribution in [0.4, 0.5) is 4.79 Å². The second-order valence-corrected chi connectivity index (χ2v) is 1.52. The number of H-pyrrole nitrogens is 1. The average Bonchev–Trinajstić information content (AvgIpc) is 2.41. The van der Waals surface area contributed by atoms with E-state index in [-0.39, 0.29) is 0 Å². The highest BCUT2D eigenvalue weighted by atomic mass is 16.5. The predicted octanol–water partition coefficient (Wildman–Crippen LogP) is 0.511. The van der Waals surface area contributed by atoms with E-state index in [0.717, 1.165) is 0 Å². The van der Waals surface area contributed by atoms with Gasteiger partial charge in [0.05, 0.1) is 6.61 Å². The van der Waals surface area contributed by atoms with Gasteiger partial charge in [-0.15, -0.1) is 0 Å². The summed E-state index contributed by atoms with van der Waals surface area (Å²) in [6.07, 6.45) is 2.75. The Balaban J connectivity index is 0.000000183. The van der Waals surface area contributed by atoms with Crippen molar-refractivity contribution < 1.29 is 9.53 Å². The van der Waals surface area contributed by atoms with Crippen LogP contribution in [0.15, 0.2) is 18.5 Å². The molecule has 0 bridgehead atoms. The van der Waals surface area contributed by atoms with E-state index in [1.807, 2.05) is 6.07 Å². The van der Waals surface area contributed by atoms with Crippen molar-refractivity contribution in [1.29, 1.82) is 0 Å². The van der Waals surface area contributed by atoms with Gasteiger partial charge >= 0.3 is 6.09 Å². The Kier molecular flexibility index (Phi) is 5.69. The first-order valence-electron chi connectivity index (χ1n) is 3.13. The number of amides is 1. The largest absolute Gasteiger partial charge is 0.450 e. The molecule has 0 aliphatic heterocycles. The summed E-state index contributed by atoms with van der Waals surface area (Å²) in [5, 5.41) is 6.21. The SMILES string of the molecule is CCOC(N)=O.c1cn[nH]c1. The Bertz CT molecular complexity index is 157. The van der Waals surface area contributed by atoms with Crippen LogP contribution in [-0.4, -0.2) is 22.9 Å². The molecule has 0 aromatic carbocycles. The number of nitrogens with zero attached hydrogens (tertiary/aromatic N) is 1. The van der Waals surface area contributed by atoms with Crippen LogP contribution in [0, 0.1) is 0 Å². The summed E-state index contributed by atoms with van der Waals surface area (Å²) in [6.45, 7) is 2.06. The molecule has 0 fully saturated rings. The van der Waals surface area contributed by atoms with Crippen LogP contribution in [0.2, 0.25) is 0 Å². The number of nitrogens with two attached hydrogens (primary N) is 1. The molecular formula is C6H11N3O2. The predicted molar refractivity (Wildman–Crippen MR) is 39.8 cm³/mol. The third-order valence-corrected chi connectivity index (χ3v) is 0.692. The molecule has 0 radical (unpaired) electrons. The van der Waals surface area contributed by atoms with Crippen molar-refractivity contribution in [3.8, 4) is 0 Å². The van der Waals surface area contributed by atoms with Gasteiger partial charge in [-0.25, -0.2) is 4.79 Å². The van der Waals surface area contributed by atoms with E-state index < -0.39 is 6.09 Å². The van der Waals surface area contributed by atoms with Crippen LogP contribution < -0.4 is 5.73 Å². The lowest BCUT2D eigenvalue weighted by Crippen LogP contribution is -2.11. The molecule has 1 rings (SSSR count). The lowest BCUT2D eigenvalue weighted by atomic mass is 10.8. The Labute approximate surface area is 64.5 Å². The lowest BCUT2D eigenvalue weighted by Gasteiger charge is -1.89. The van der Waals surface area contributed by atoms with Crippen molar-refractivity contribution in [3.05, 3.63) is 18.5 Å². The van der Waals surface area contributed by atoms with Crippen LogP contribution in [0.3, 0.4) is 0 Å². The number of primary amides is 1. The second kappa shape index (κ2) is 6.60. The van der Waals surface area contributed by atoms with E-state index in [4.69, 9.17) is 0 Å². The normalized spacial score (nSPS) is 7.73. The minimum Gasteiger partial charge on any atom is -0.450 e. The van der Waals surface area contributed by atoms with E-state index >= 15 is 0 Å². The molecule has 0 saturated heterocycles. The van der Waals surface area contributed by atoms with Gasteiger partial charge in [0.1, 0.15) is 0 Å². The van der Waals surface area contributed by atoms with E-state index in [1.54, 1.807) is 19.3 Å². The first-order valence-corrected chi connectivity index (χ1v) is 3.13. The van der Waals surface area contributed by atoms with Crippen molar-refractivity contribution in [2.24, 2.45) is 5.73 Å². The van der Waals surface area contributed by atoms with Crippen molar-refractivity contribution in [2.45, 2.75) is 6.92 Å². The summed E-state index contributed by atoms with van der Waals surface area (Å²) in [7, 11) is 0. The van der Waals surface area contributed by atoms with Gasteiger partial charge in [-0.05, 0) is 13.0 Å². The minimum atomic E-state index is -0.711. The number of carbonyl (C=O) groups is 1. The van der Waals surface area contributed by atoms with Crippen LogP contribution in [-0.2, 0) is 4.74 Å². The number of aromatic nitrogens is 2. The molecule has 1 aromatic rings. The van der Waals surface area contributed by atoms with Crippen molar-refractivity contribution in [3.63, 3.8) is 0 Å². The smallest absolute Gasteiger partial charge is 0.404 e. The Morgan fingerprint density at radius 1 is 1.82 bits per heavy atom. The molecule has 0 aliphatic rings. The zero-order chi connectivity index (χ0) is 8.53. The first kappa shape index (κ1) is 9.48. The fourth-order valence-corrected chi connectivity index (χ4v) is 0.357. The average molecular weight is 157 g/mol. The highest BCUT2D eigenvalue weighted by Gasteiger charge is 1.82. The molecule has 5 heteroatoms.